The highest BCUT2D eigenvalue weighted by molar-refractivity contribution is 9.10. The summed E-state index contributed by atoms with van der Waals surface area (Å²) in [5.41, 5.74) is 3.19. The molecule has 0 radical (unpaired) electrons. The number of halogens is 2. The second kappa shape index (κ2) is 18.4. The standard InChI is InChI=1S/C37H56Br2N4O2/c1-6-42(7-2,29-32-16-20-34(38)21-17-32)26-14-10-12-24-40-31(5)28-36(44)41(37(40)45)25-13-11-15-27-43(8-3,9-4)30-33-18-22-35(39)23-19-33/h16-23,28H,6-15,24-27,29-30H2,1-5H3/q+2. The predicted octanol–water partition coefficient (Wildman–Crippen LogP) is 8.30. The molecule has 0 aliphatic heterocycles. The lowest BCUT2D eigenvalue weighted by Gasteiger charge is -2.37. The van der Waals surface area contributed by atoms with Gasteiger partial charge >= 0.3 is 5.69 Å². The minimum atomic E-state index is -0.169. The van der Waals surface area contributed by atoms with Crippen LogP contribution in [0.4, 0.5) is 0 Å². The average Bonchev–Trinajstić information content (AvgIpc) is 3.04. The Morgan fingerprint density at radius 2 is 0.978 bits per heavy atom. The van der Waals surface area contributed by atoms with E-state index in [2.05, 4.69) is 108 Å². The molecule has 1 heterocycles. The molecule has 0 unspecified atom stereocenters. The maximum absolute atomic E-state index is 13.4. The second-order valence-electron chi connectivity index (χ2n) is 12.8. The van der Waals surface area contributed by atoms with Crippen LogP contribution in [0.3, 0.4) is 0 Å². The molecule has 45 heavy (non-hydrogen) atoms. The summed E-state index contributed by atoms with van der Waals surface area (Å²) in [6, 6.07) is 19.0. The van der Waals surface area contributed by atoms with Crippen molar-refractivity contribution in [2.24, 2.45) is 0 Å². The van der Waals surface area contributed by atoms with Crippen molar-refractivity contribution in [3.63, 3.8) is 0 Å². The van der Waals surface area contributed by atoms with Crippen molar-refractivity contribution in [1.29, 1.82) is 0 Å². The zero-order valence-corrected chi connectivity index (χ0v) is 31.5. The molecule has 2 aromatic carbocycles. The number of quaternary nitrogens is 2. The molecule has 8 heteroatoms. The third-order valence-electron chi connectivity index (χ3n) is 10.1. The van der Waals surface area contributed by atoms with Crippen molar-refractivity contribution >= 4 is 31.9 Å². The molecule has 0 atom stereocenters. The lowest BCUT2D eigenvalue weighted by Crippen LogP contribution is -2.47. The zero-order chi connectivity index (χ0) is 32.9. The Morgan fingerprint density at radius 3 is 1.38 bits per heavy atom. The fraction of sp³-hybridized carbons (Fsp3) is 0.568. The SMILES string of the molecule is CC[N+](CC)(CCCCCn1c(C)cc(=O)n(CCCCC[N+](CC)(CC)Cc2ccc(Br)cc2)c1=O)Cc1ccc(Br)cc1. The molecule has 3 rings (SSSR count). The summed E-state index contributed by atoms with van der Waals surface area (Å²) in [4.78, 5) is 26.2. The van der Waals surface area contributed by atoms with Crippen LogP contribution in [0.1, 0.15) is 83.0 Å². The molecule has 0 saturated carbocycles. The summed E-state index contributed by atoms with van der Waals surface area (Å²) < 4.78 is 7.64. The number of hydrogen-bond donors (Lipinski definition) is 0. The van der Waals surface area contributed by atoms with Gasteiger partial charge in [-0.2, -0.15) is 0 Å². The maximum Gasteiger partial charge on any atom is 0.331 e. The molecular formula is C37H56Br2N4O2+2. The molecule has 6 nitrogen and oxygen atoms in total. The summed E-state index contributed by atoms with van der Waals surface area (Å²) in [7, 11) is 0. The Bertz CT molecular complexity index is 1420. The normalized spacial score (nSPS) is 12.2. The summed E-state index contributed by atoms with van der Waals surface area (Å²) in [5, 5.41) is 0. The van der Waals surface area contributed by atoms with Crippen molar-refractivity contribution in [2.45, 2.75) is 99.3 Å². The van der Waals surface area contributed by atoms with Crippen LogP contribution >= 0.6 is 31.9 Å². The van der Waals surface area contributed by atoms with Crippen LogP contribution in [0.25, 0.3) is 0 Å². The van der Waals surface area contributed by atoms with E-state index < -0.39 is 0 Å². The first-order chi connectivity index (χ1) is 21.6. The van der Waals surface area contributed by atoms with Gasteiger partial charge in [0.15, 0.2) is 0 Å². The molecule has 0 aliphatic rings. The van der Waals surface area contributed by atoms with Crippen molar-refractivity contribution in [3.8, 4) is 0 Å². The van der Waals surface area contributed by atoms with Crippen LogP contribution in [0, 0.1) is 6.92 Å². The maximum atomic E-state index is 13.4. The molecule has 0 N–H and O–H groups in total. The van der Waals surface area contributed by atoms with Gasteiger partial charge in [-0.15, -0.1) is 0 Å². The van der Waals surface area contributed by atoms with E-state index in [0.717, 1.165) is 114 Å². The van der Waals surface area contributed by atoms with E-state index in [0.29, 0.717) is 13.1 Å². The minimum absolute atomic E-state index is 0.148. The van der Waals surface area contributed by atoms with Crippen molar-refractivity contribution in [1.82, 2.24) is 9.13 Å². The Kier molecular flexibility index (Phi) is 15.3. The summed E-state index contributed by atoms with van der Waals surface area (Å²) in [6.07, 6.45) is 6.08. The first-order valence-electron chi connectivity index (χ1n) is 17.1. The average molecular weight is 749 g/mol. The molecule has 0 bridgehead atoms. The van der Waals surface area contributed by atoms with E-state index >= 15 is 0 Å². The molecule has 1 aromatic heterocycles. The van der Waals surface area contributed by atoms with Crippen LogP contribution in [0.15, 0.2) is 73.1 Å². The van der Waals surface area contributed by atoms with Crippen LogP contribution < -0.4 is 11.2 Å². The van der Waals surface area contributed by atoms with Crippen molar-refractivity contribution < 1.29 is 8.97 Å². The highest BCUT2D eigenvalue weighted by atomic mass is 79.9. The lowest BCUT2D eigenvalue weighted by atomic mass is 10.1. The van der Waals surface area contributed by atoms with E-state index in [1.54, 1.807) is 6.07 Å². The number of nitrogens with zero attached hydrogens (tertiary/aromatic N) is 4. The minimum Gasteiger partial charge on any atom is -0.320 e. The topological polar surface area (TPSA) is 44.0 Å². The van der Waals surface area contributed by atoms with Gasteiger partial charge in [0.1, 0.15) is 13.1 Å². The smallest absolute Gasteiger partial charge is 0.320 e. The number of aryl methyl sites for hydroxylation is 1. The quantitative estimate of drug-likeness (QED) is 0.0863. The molecular weight excluding hydrogens is 692 g/mol. The Balaban J connectivity index is 1.50. The largest absolute Gasteiger partial charge is 0.331 e. The van der Waals surface area contributed by atoms with E-state index in [4.69, 9.17) is 0 Å². The van der Waals surface area contributed by atoms with Gasteiger partial charge in [0.2, 0.25) is 0 Å². The predicted molar refractivity (Wildman–Crippen MR) is 196 cm³/mol. The number of aromatic nitrogens is 2. The second-order valence-corrected chi connectivity index (χ2v) is 14.6. The molecule has 0 spiro atoms. The van der Waals surface area contributed by atoms with Gasteiger partial charge in [0, 0.05) is 44.9 Å². The summed E-state index contributed by atoms with van der Waals surface area (Å²) in [6.45, 7) is 20.9. The highest BCUT2D eigenvalue weighted by Gasteiger charge is 2.24. The Hall–Kier alpha value is -2.00. The van der Waals surface area contributed by atoms with Gasteiger partial charge in [-0.1, -0.05) is 56.1 Å². The van der Waals surface area contributed by atoms with E-state index in [1.165, 1.54) is 15.7 Å². The molecule has 3 aromatic rings. The number of unbranched alkanes of at least 4 members (excludes halogenated alkanes) is 4. The summed E-state index contributed by atoms with van der Waals surface area (Å²) >= 11 is 7.09. The first kappa shape index (κ1) is 37.5. The van der Waals surface area contributed by atoms with Crippen LogP contribution in [-0.4, -0.2) is 57.4 Å². The molecule has 0 amide bonds. The van der Waals surface area contributed by atoms with Gasteiger partial charge in [-0.25, -0.2) is 4.79 Å². The third kappa shape index (κ3) is 11.0. The van der Waals surface area contributed by atoms with Crippen LogP contribution in [0.5, 0.6) is 0 Å². The fourth-order valence-corrected chi connectivity index (χ4v) is 7.16. The highest BCUT2D eigenvalue weighted by Crippen LogP contribution is 2.20. The molecule has 0 fully saturated rings. The lowest BCUT2D eigenvalue weighted by molar-refractivity contribution is -0.938. The third-order valence-corrected chi connectivity index (χ3v) is 11.1. The van der Waals surface area contributed by atoms with Crippen molar-refractivity contribution in [3.05, 3.63) is 101 Å². The molecule has 0 aliphatic carbocycles. The number of rotatable bonds is 20. The van der Waals surface area contributed by atoms with Gasteiger partial charge in [0.05, 0.1) is 39.3 Å². The van der Waals surface area contributed by atoms with Gasteiger partial charge in [-0.3, -0.25) is 13.9 Å². The van der Waals surface area contributed by atoms with Gasteiger partial charge in [0.25, 0.3) is 5.56 Å². The first-order valence-corrected chi connectivity index (χ1v) is 18.7. The molecule has 248 valence electrons. The van der Waals surface area contributed by atoms with Gasteiger partial charge in [-0.05, 0) is 97.4 Å². The Labute approximate surface area is 288 Å². The molecule has 0 saturated heterocycles. The fourth-order valence-electron chi connectivity index (χ4n) is 6.63. The van der Waals surface area contributed by atoms with Crippen LogP contribution in [-0.2, 0) is 26.2 Å². The number of hydrogen-bond acceptors (Lipinski definition) is 2. The number of benzene rings is 2. The van der Waals surface area contributed by atoms with Crippen molar-refractivity contribution in [2.75, 3.05) is 39.3 Å². The van der Waals surface area contributed by atoms with Gasteiger partial charge < -0.3 is 8.97 Å². The van der Waals surface area contributed by atoms with Crippen LogP contribution in [0.2, 0.25) is 0 Å². The Morgan fingerprint density at radius 1 is 0.578 bits per heavy atom. The van der Waals surface area contributed by atoms with E-state index in [-0.39, 0.29) is 11.2 Å². The monoisotopic (exact) mass is 746 g/mol. The van der Waals surface area contributed by atoms with E-state index in [9.17, 15) is 9.59 Å². The summed E-state index contributed by atoms with van der Waals surface area (Å²) in [5.74, 6) is 0. The zero-order valence-electron chi connectivity index (χ0n) is 28.4. The van der Waals surface area contributed by atoms with E-state index in [1.807, 2.05) is 11.5 Å².